The Bertz CT molecular complexity index is 1510. The van der Waals surface area contributed by atoms with Gasteiger partial charge in [0.2, 0.25) is 0 Å². The SMILES string of the molecule is CCCCCCCCCC/C=C\CCCCCCCCCCCCCCCCCCCCCC(=O)OC(COC(=O)CCCCCCCCCCCCCCCCCCCCCCCCCCCCCCCCCCCCCCCCCC)COP(=O)(O)OCCN. The van der Waals surface area contributed by atoms with Crippen LogP contribution >= 0.6 is 7.82 Å². The molecule has 0 fully saturated rings. The molecule has 2 unspecified atom stereocenters. The van der Waals surface area contributed by atoms with Crippen LogP contribution in [0.4, 0.5) is 0 Å². The second kappa shape index (κ2) is 78.7. The van der Waals surface area contributed by atoms with Crippen molar-refractivity contribution in [3.63, 3.8) is 0 Å². The normalized spacial score (nSPS) is 12.8. The third-order valence-electron chi connectivity index (χ3n) is 19.4. The van der Waals surface area contributed by atoms with E-state index in [1.807, 2.05) is 0 Å². The van der Waals surface area contributed by atoms with Crippen molar-refractivity contribution in [2.75, 3.05) is 26.4 Å². The van der Waals surface area contributed by atoms with Gasteiger partial charge in [0.15, 0.2) is 6.10 Å². The molecule has 0 rings (SSSR count). The minimum atomic E-state index is -4.39. The van der Waals surface area contributed by atoms with Crippen molar-refractivity contribution in [3.8, 4) is 0 Å². The van der Waals surface area contributed by atoms with Crippen molar-refractivity contribution >= 4 is 19.8 Å². The summed E-state index contributed by atoms with van der Waals surface area (Å²) < 4.78 is 33.3. The van der Waals surface area contributed by atoms with Crippen LogP contribution in [0.3, 0.4) is 0 Å². The second-order valence-electron chi connectivity index (χ2n) is 28.7. The molecule has 0 aliphatic heterocycles. The molecule has 548 valence electrons. The first-order valence-electron chi connectivity index (χ1n) is 41.7. The Labute approximate surface area is 574 Å². The molecule has 2 atom stereocenters. The van der Waals surface area contributed by atoms with E-state index in [9.17, 15) is 19.0 Å². The van der Waals surface area contributed by atoms with Gasteiger partial charge in [-0.15, -0.1) is 0 Å². The van der Waals surface area contributed by atoms with Crippen LogP contribution in [-0.4, -0.2) is 49.3 Å². The number of rotatable bonds is 81. The Morgan fingerprint density at radius 3 is 0.772 bits per heavy atom. The van der Waals surface area contributed by atoms with E-state index < -0.39 is 26.5 Å². The van der Waals surface area contributed by atoms with E-state index in [0.717, 1.165) is 32.1 Å². The number of ether oxygens (including phenoxy) is 2. The third kappa shape index (κ3) is 77.8. The number of phosphoric ester groups is 1. The highest BCUT2D eigenvalue weighted by Gasteiger charge is 2.26. The first-order valence-corrected chi connectivity index (χ1v) is 43.2. The lowest BCUT2D eigenvalue weighted by molar-refractivity contribution is -0.161. The Kier molecular flexibility index (Phi) is 77.7. The molecule has 0 radical (unpaired) electrons. The lowest BCUT2D eigenvalue weighted by atomic mass is 10.0. The molecule has 92 heavy (non-hydrogen) atoms. The highest BCUT2D eigenvalue weighted by Crippen LogP contribution is 2.43. The number of carbonyl (C=O) groups is 2. The number of allylic oxidation sites excluding steroid dienone is 2. The van der Waals surface area contributed by atoms with E-state index in [-0.39, 0.29) is 38.6 Å². The van der Waals surface area contributed by atoms with E-state index >= 15 is 0 Å². The molecule has 0 saturated heterocycles. The zero-order valence-electron chi connectivity index (χ0n) is 62.1. The summed E-state index contributed by atoms with van der Waals surface area (Å²) in [5.74, 6) is -0.796. The van der Waals surface area contributed by atoms with Gasteiger partial charge in [0.05, 0.1) is 13.2 Å². The summed E-state index contributed by atoms with van der Waals surface area (Å²) in [5.41, 5.74) is 5.42. The van der Waals surface area contributed by atoms with Crippen LogP contribution < -0.4 is 5.73 Å². The summed E-state index contributed by atoms with van der Waals surface area (Å²) in [6, 6.07) is 0. The van der Waals surface area contributed by atoms with E-state index in [4.69, 9.17) is 24.3 Å². The monoisotopic (exact) mass is 1320 g/mol. The Hall–Kier alpha value is -1.25. The van der Waals surface area contributed by atoms with Gasteiger partial charge in [-0.05, 0) is 38.5 Å². The van der Waals surface area contributed by atoms with Crippen molar-refractivity contribution in [2.45, 2.75) is 476 Å². The van der Waals surface area contributed by atoms with Crippen LogP contribution in [0.15, 0.2) is 12.2 Å². The maximum atomic E-state index is 12.8. The summed E-state index contributed by atoms with van der Waals surface area (Å²) >= 11 is 0. The third-order valence-corrected chi connectivity index (χ3v) is 20.4. The first kappa shape index (κ1) is 90.8. The van der Waals surface area contributed by atoms with E-state index in [1.165, 1.54) is 405 Å². The highest BCUT2D eigenvalue weighted by atomic mass is 31.2. The smallest absolute Gasteiger partial charge is 0.462 e. The molecule has 0 heterocycles. The van der Waals surface area contributed by atoms with Gasteiger partial charge in [-0.3, -0.25) is 18.6 Å². The zero-order chi connectivity index (χ0) is 66.5. The number of unbranched alkanes of at least 4 members (excludes halogenated alkanes) is 66. The van der Waals surface area contributed by atoms with Gasteiger partial charge in [0.1, 0.15) is 6.61 Å². The number of nitrogens with two attached hydrogens (primary N) is 1. The fraction of sp³-hybridized carbons (Fsp3) is 0.951. The molecule has 0 aromatic heterocycles. The summed E-state index contributed by atoms with van der Waals surface area (Å²) in [7, 11) is -4.39. The number of phosphoric acid groups is 1. The van der Waals surface area contributed by atoms with Crippen molar-refractivity contribution in [2.24, 2.45) is 5.73 Å². The van der Waals surface area contributed by atoms with Crippen molar-refractivity contribution in [1.82, 2.24) is 0 Å². The molecule has 0 aromatic carbocycles. The fourth-order valence-corrected chi connectivity index (χ4v) is 14.0. The molecule has 0 aromatic rings. The summed E-state index contributed by atoms with van der Waals surface area (Å²) in [6.07, 6.45) is 98.1. The minimum absolute atomic E-state index is 0.0580. The van der Waals surface area contributed by atoms with Crippen molar-refractivity contribution < 1.29 is 37.6 Å². The average molecular weight is 1320 g/mol. The van der Waals surface area contributed by atoms with Gasteiger partial charge in [0, 0.05) is 19.4 Å². The van der Waals surface area contributed by atoms with Gasteiger partial charge in [-0.25, -0.2) is 4.57 Å². The predicted octanol–water partition coefficient (Wildman–Crippen LogP) is 27.8. The van der Waals surface area contributed by atoms with Gasteiger partial charge in [0.25, 0.3) is 0 Å². The first-order chi connectivity index (χ1) is 45.3. The number of hydrogen-bond donors (Lipinski definition) is 2. The van der Waals surface area contributed by atoms with Crippen LogP contribution in [0.5, 0.6) is 0 Å². The minimum Gasteiger partial charge on any atom is -0.462 e. The maximum absolute atomic E-state index is 12.8. The molecule has 0 spiro atoms. The molecule has 0 aliphatic rings. The number of hydrogen-bond acceptors (Lipinski definition) is 8. The van der Waals surface area contributed by atoms with Crippen molar-refractivity contribution in [1.29, 1.82) is 0 Å². The standard InChI is InChI=1S/C82H162NO8P/c1-3-5-7-9-11-13-15-17-19-21-23-25-27-29-31-33-35-36-37-38-39-40-41-42-43-45-46-48-50-52-54-56-58-60-62-64-66-68-70-72-74-81(84)88-78-80(79-90-92(86,87)89-77-76-83)91-82(85)75-73-71-69-67-65-63-61-59-57-55-53-51-49-47-44-34-32-30-28-26-24-22-20-18-16-14-12-10-8-6-4-2/h22,24,80H,3-21,23,25-79,83H2,1-2H3,(H,86,87)/b24-22-. The zero-order valence-corrected chi connectivity index (χ0v) is 63.0. The van der Waals surface area contributed by atoms with Crippen LogP contribution in [0.25, 0.3) is 0 Å². The van der Waals surface area contributed by atoms with E-state index in [0.29, 0.717) is 6.42 Å². The predicted molar refractivity (Wildman–Crippen MR) is 400 cm³/mol. The summed E-state index contributed by atoms with van der Waals surface area (Å²) in [5, 5.41) is 0. The van der Waals surface area contributed by atoms with Crippen LogP contribution in [0, 0.1) is 0 Å². The van der Waals surface area contributed by atoms with Crippen LogP contribution in [0.1, 0.15) is 470 Å². The Balaban J connectivity index is 3.70. The lowest BCUT2D eigenvalue weighted by Gasteiger charge is -2.19. The quantitative estimate of drug-likeness (QED) is 0.0264. The molecule has 0 amide bonds. The molecule has 0 aliphatic carbocycles. The molecule has 10 heteroatoms. The highest BCUT2D eigenvalue weighted by molar-refractivity contribution is 7.47. The van der Waals surface area contributed by atoms with Gasteiger partial charge >= 0.3 is 19.8 Å². The fourth-order valence-electron chi connectivity index (χ4n) is 13.2. The number of carbonyl (C=O) groups excluding carboxylic acids is 2. The lowest BCUT2D eigenvalue weighted by Crippen LogP contribution is -2.29. The average Bonchev–Trinajstić information content (AvgIpc) is 3.54. The topological polar surface area (TPSA) is 134 Å². The molecule has 9 nitrogen and oxygen atoms in total. The van der Waals surface area contributed by atoms with Crippen molar-refractivity contribution in [3.05, 3.63) is 12.2 Å². The largest absolute Gasteiger partial charge is 0.472 e. The van der Waals surface area contributed by atoms with Crippen LogP contribution in [-0.2, 0) is 32.7 Å². The molecule has 0 bridgehead atoms. The summed E-state index contributed by atoms with van der Waals surface area (Å²) in [4.78, 5) is 35.5. The maximum Gasteiger partial charge on any atom is 0.472 e. The van der Waals surface area contributed by atoms with Crippen LogP contribution in [0.2, 0.25) is 0 Å². The van der Waals surface area contributed by atoms with Gasteiger partial charge < -0.3 is 20.1 Å². The molecule has 3 N–H and O–H groups in total. The van der Waals surface area contributed by atoms with E-state index in [1.54, 1.807) is 0 Å². The van der Waals surface area contributed by atoms with E-state index in [2.05, 4.69) is 26.0 Å². The van der Waals surface area contributed by atoms with Gasteiger partial charge in [-0.1, -0.05) is 431 Å². The molecular weight excluding hydrogens is 1160 g/mol. The van der Waals surface area contributed by atoms with Gasteiger partial charge in [-0.2, -0.15) is 0 Å². The Morgan fingerprint density at radius 2 is 0.533 bits per heavy atom. The number of esters is 2. The Morgan fingerprint density at radius 1 is 0.315 bits per heavy atom. The summed E-state index contributed by atoms with van der Waals surface area (Å²) in [6.45, 7) is 3.85. The second-order valence-corrected chi connectivity index (χ2v) is 30.2. The molecular formula is C82H162NO8P. The molecule has 0 saturated carbocycles.